The Balaban J connectivity index is 0.00000178. The van der Waals surface area contributed by atoms with Crippen molar-refractivity contribution in [2.24, 2.45) is 0 Å². The van der Waals surface area contributed by atoms with Gasteiger partial charge < -0.3 is 10.8 Å². The van der Waals surface area contributed by atoms with Crippen molar-refractivity contribution in [3.63, 3.8) is 0 Å². The van der Waals surface area contributed by atoms with Gasteiger partial charge in [-0.3, -0.25) is 14.6 Å². The fourth-order valence-electron chi connectivity index (χ4n) is 4.70. The molecule has 1 aliphatic heterocycles. The fourth-order valence-corrected chi connectivity index (χ4v) is 5.83. The molecule has 9 heteroatoms. The van der Waals surface area contributed by atoms with Crippen molar-refractivity contribution in [1.29, 1.82) is 0 Å². The number of benzene rings is 3. The topological polar surface area (TPSA) is 80.0 Å². The van der Waals surface area contributed by atoms with Gasteiger partial charge in [0.25, 0.3) is 0 Å². The van der Waals surface area contributed by atoms with Gasteiger partial charge in [-0.1, -0.05) is 78.9 Å². The minimum absolute atomic E-state index is 0. The number of anilines is 1. The number of carbonyl (C=O) groups is 1. The largest absolute Gasteiger partial charge is 0.412 e. The van der Waals surface area contributed by atoms with Crippen LogP contribution < -0.4 is 5.32 Å². The number of carbonyl (C=O) groups excluding carboxylic acids is 1. The van der Waals surface area contributed by atoms with Gasteiger partial charge in [0.2, 0.25) is 5.91 Å². The smallest absolute Gasteiger partial charge is 0.238 e. The predicted octanol–water partition coefficient (Wildman–Crippen LogP) is 5.87. The fraction of sp³-hybridized carbons (Fsp3) is 0.267. The highest BCUT2D eigenvalue weighted by atomic mass is 35.5. The zero-order chi connectivity index (χ0) is 24.9. The molecular weight excluding hydrogens is 551 g/mol. The van der Waals surface area contributed by atoms with Crippen LogP contribution in [0.1, 0.15) is 16.1 Å². The third-order valence-corrected chi connectivity index (χ3v) is 7.78. The molecule has 208 valence electrons. The molecule has 1 amide bonds. The molecular formula is C30H36Cl2N4O2S. The van der Waals surface area contributed by atoms with Crippen molar-refractivity contribution in [2.75, 3.05) is 38.0 Å². The van der Waals surface area contributed by atoms with Gasteiger partial charge in [-0.2, -0.15) is 0 Å². The summed E-state index contributed by atoms with van der Waals surface area (Å²) in [4.78, 5) is 23.7. The highest BCUT2D eigenvalue weighted by Gasteiger charge is 2.22. The number of hydrogen-bond acceptors (Lipinski definition) is 5. The molecule has 0 aliphatic carbocycles. The lowest BCUT2D eigenvalue weighted by molar-refractivity contribution is -0.117. The van der Waals surface area contributed by atoms with Gasteiger partial charge in [0, 0.05) is 37.4 Å². The third kappa shape index (κ3) is 8.11. The van der Waals surface area contributed by atoms with Crippen molar-refractivity contribution in [1.82, 2.24) is 14.8 Å². The molecule has 5 rings (SSSR count). The van der Waals surface area contributed by atoms with E-state index in [1.165, 1.54) is 10.4 Å². The summed E-state index contributed by atoms with van der Waals surface area (Å²) < 4.78 is 0. The summed E-state index contributed by atoms with van der Waals surface area (Å²) in [5.41, 5.74) is 6.55. The second-order valence-electron chi connectivity index (χ2n) is 9.38. The number of aryl methyl sites for hydroxylation is 2. The monoisotopic (exact) mass is 586 g/mol. The summed E-state index contributed by atoms with van der Waals surface area (Å²) in [6.07, 6.45) is 0. The normalized spacial score (nSPS) is 13.5. The first-order chi connectivity index (χ1) is 17.6. The van der Waals surface area contributed by atoms with Gasteiger partial charge in [0.15, 0.2) is 0 Å². The molecule has 0 saturated carbocycles. The Morgan fingerprint density at radius 2 is 1.33 bits per heavy atom. The minimum Gasteiger partial charge on any atom is -0.412 e. The first-order valence-corrected chi connectivity index (χ1v) is 13.3. The molecule has 0 spiro atoms. The first-order valence-electron chi connectivity index (χ1n) is 12.5. The van der Waals surface area contributed by atoms with Crippen LogP contribution >= 0.6 is 36.2 Å². The number of nitrogens with zero attached hydrogens (tertiary/aromatic N) is 3. The SMILES string of the molecule is Cc1cccc(C)c1NC(=O)CN1CCN(Cc2nc(-c3ccccc3)c(-c3ccccc3)s2)CC1.Cl.Cl.O. The number of thiazole rings is 1. The van der Waals surface area contributed by atoms with E-state index in [2.05, 4.69) is 69.7 Å². The Morgan fingerprint density at radius 3 is 1.92 bits per heavy atom. The van der Waals surface area contributed by atoms with Crippen LogP contribution in [0.4, 0.5) is 5.69 Å². The maximum absolute atomic E-state index is 12.7. The Labute approximate surface area is 247 Å². The van der Waals surface area contributed by atoms with E-state index in [0.29, 0.717) is 6.54 Å². The molecule has 1 fully saturated rings. The minimum atomic E-state index is 0. The van der Waals surface area contributed by atoms with E-state index < -0.39 is 0 Å². The number of nitrogens with one attached hydrogen (secondary N) is 1. The van der Waals surface area contributed by atoms with Crippen molar-refractivity contribution in [3.05, 3.63) is 95.0 Å². The quantitative estimate of drug-likeness (QED) is 0.294. The molecule has 39 heavy (non-hydrogen) atoms. The Bertz CT molecular complexity index is 1250. The van der Waals surface area contributed by atoms with E-state index in [0.717, 1.165) is 65.8 Å². The van der Waals surface area contributed by atoms with Crippen LogP contribution in [0.3, 0.4) is 0 Å². The lowest BCUT2D eigenvalue weighted by Gasteiger charge is -2.33. The molecule has 0 radical (unpaired) electrons. The number of halogens is 2. The molecule has 3 N–H and O–H groups in total. The number of aromatic nitrogens is 1. The predicted molar refractivity (Wildman–Crippen MR) is 167 cm³/mol. The van der Waals surface area contributed by atoms with Gasteiger partial charge in [0.05, 0.1) is 23.7 Å². The standard InChI is InChI=1S/C30H32N4OS.2ClH.H2O/c1-22-10-9-11-23(2)28(22)31-26(35)20-33-16-18-34(19-17-33)21-27-32-29(24-12-5-3-6-13-24)30(36-27)25-14-7-4-8-15-25;;;/h3-15H,16-21H2,1-2H3,(H,31,35);2*1H;1H2. The number of amides is 1. The van der Waals surface area contributed by atoms with Gasteiger partial charge in [0.1, 0.15) is 5.01 Å². The first kappa shape index (κ1) is 32.4. The lowest BCUT2D eigenvalue weighted by atomic mass is 10.1. The second-order valence-corrected chi connectivity index (χ2v) is 10.5. The molecule has 1 aliphatic rings. The van der Waals surface area contributed by atoms with Crippen LogP contribution in [-0.4, -0.2) is 58.9 Å². The van der Waals surface area contributed by atoms with Gasteiger partial charge in [-0.25, -0.2) is 4.98 Å². The Hall–Kier alpha value is -2.78. The summed E-state index contributed by atoms with van der Waals surface area (Å²) in [5.74, 6) is 0.0563. The summed E-state index contributed by atoms with van der Waals surface area (Å²) in [7, 11) is 0. The number of piperazine rings is 1. The molecule has 0 bridgehead atoms. The zero-order valence-electron chi connectivity index (χ0n) is 22.2. The summed E-state index contributed by atoms with van der Waals surface area (Å²) in [6, 6.07) is 27.1. The average Bonchev–Trinajstić information content (AvgIpc) is 3.32. The maximum atomic E-state index is 12.7. The van der Waals surface area contributed by atoms with Gasteiger partial charge in [-0.15, -0.1) is 36.2 Å². The van der Waals surface area contributed by atoms with Crippen molar-refractivity contribution in [2.45, 2.75) is 20.4 Å². The Morgan fingerprint density at radius 1 is 0.795 bits per heavy atom. The van der Waals surface area contributed by atoms with Crippen molar-refractivity contribution >= 4 is 47.7 Å². The van der Waals surface area contributed by atoms with Crippen molar-refractivity contribution < 1.29 is 10.3 Å². The van der Waals surface area contributed by atoms with E-state index in [4.69, 9.17) is 4.98 Å². The number of para-hydroxylation sites is 1. The summed E-state index contributed by atoms with van der Waals surface area (Å²) >= 11 is 1.79. The van der Waals surface area contributed by atoms with Crippen LogP contribution in [0.25, 0.3) is 21.7 Å². The molecule has 3 aromatic carbocycles. The highest BCUT2D eigenvalue weighted by Crippen LogP contribution is 2.37. The van der Waals surface area contributed by atoms with E-state index in [1.807, 2.05) is 38.1 Å². The summed E-state index contributed by atoms with van der Waals surface area (Å²) in [5, 5.41) is 4.25. The van der Waals surface area contributed by atoms with Gasteiger partial charge >= 0.3 is 0 Å². The Kier molecular flexibility index (Phi) is 12.6. The lowest BCUT2D eigenvalue weighted by Crippen LogP contribution is -2.48. The number of hydrogen-bond donors (Lipinski definition) is 1. The van der Waals surface area contributed by atoms with E-state index in [9.17, 15) is 4.79 Å². The van der Waals surface area contributed by atoms with Crippen LogP contribution in [0.5, 0.6) is 0 Å². The molecule has 0 atom stereocenters. The average molecular weight is 588 g/mol. The highest BCUT2D eigenvalue weighted by molar-refractivity contribution is 7.15. The maximum Gasteiger partial charge on any atom is 0.238 e. The van der Waals surface area contributed by atoms with Crippen LogP contribution in [0, 0.1) is 13.8 Å². The molecule has 2 heterocycles. The molecule has 1 aromatic heterocycles. The van der Waals surface area contributed by atoms with Crippen LogP contribution in [0.2, 0.25) is 0 Å². The molecule has 4 aromatic rings. The zero-order valence-corrected chi connectivity index (χ0v) is 24.7. The van der Waals surface area contributed by atoms with E-state index in [1.54, 1.807) is 11.3 Å². The second kappa shape index (κ2) is 15.1. The number of rotatable bonds is 7. The van der Waals surface area contributed by atoms with E-state index in [-0.39, 0.29) is 36.2 Å². The molecule has 6 nitrogen and oxygen atoms in total. The van der Waals surface area contributed by atoms with E-state index >= 15 is 0 Å². The van der Waals surface area contributed by atoms with Crippen LogP contribution in [-0.2, 0) is 11.3 Å². The summed E-state index contributed by atoms with van der Waals surface area (Å²) in [6.45, 7) is 8.94. The van der Waals surface area contributed by atoms with Crippen molar-refractivity contribution in [3.8, 4) is 21.7 Å². The molecule has 0 unspecified atom stereocenters. The molecule has 1 saturated heterocycles. The van der Waals surface area contributed by atoms with Crippen LogP contribution in [0.15, 0.2) is 78.9 Å². The third-order valence-electron chi connectivity index (χ3n) is 6.69. The van der Waals surface area contributed by atoms with Gasteiger partial charge in [-0.05, 0) is 30.5 Å².